The first-order valence-electron chi connectivity index (χ1n) is 9.90. The highest BCUT2D eigenvalue weighted by Gasteiger charge is 2.31. The molecule has 1 aromatic heterocycles. The third kappa shape index (κ3) is 3.24. The van der Waals surface area contributed by atoms with Crippen LogP contribution in [0.2, 0.25) is 0 Å². The molecule has 3 saturated heterocycles. The predicted molar refractivity (Wildman–Crippen MR) is 104 cm³/mol. The van der Waals surface area contributed by atoms with Crippen LogP contribution in [0.3, 0.4) is 0 Å². The molecular formula is C22H27N3O. The fraction of sp³-hybridized carbons (Fsp3) is 0.500. The number of hydrogen-bond donors (Lipinski definition) is 0. The summed E-state index contributed by atoms with van der Waals surface area (Å²) < 4.78 is 5.49. The molecule has 4 nitrogen and oxygen atoms in total. The monoisotopic (exact) mass is 349 g/mol. The van der Waals surface area contributed by atoms with Crippen molar-refractivity contribution in [2.24, 2.45) is 5.92 Å². The van der Waals surface area contributed by atoms with E-state index < -0.39 is 0 Å². The number of benzene rings is 1. The van der Waals surface area contributed by atoms with E-state index in [1.807, 2.05) is 18.5 Å². The van der Waals surface area contributed by atoms with Crippen molar-refractivity contribution in [3.05, 3.63) is 59.9 Å². The number of aromatic nitrogens is 1. The molecule has 3 aliphatic rings. The van der Waals surface area contributed by atoms with Crippen LogP contribution in [0, 0.1) is 5.92 Å². The van der Waals surface area contributed by atoms with Crippen LogP contribution in [0.25, 0.3) is 0 Å². The molecule has 0 amide bonds. The zero-order valence-electron chi connectivity index (χ0n) is 15.3. The lowest BCUT2D eigenvalue weighted by Crippen LogP contribution is -2.47. The molecule has 0 aliphatic carbocycles. The Morgan fingerprint density at radius 3 is 2.46 bits per heavy atom. The molecule has 3 aliphatic heterocycles. The number of likely N-dealkylation sites (tertiary alicyclic amines) is 1. The highest BCUT2D eigenvalue weighted by molar-refractivity contribution is 5.52. The topological polar surface area (TPSA) is 28.6 Å². The minimum Gasteiger partial charge on any atom is -0.381 e. The van der Waals surface area contributed by atoms with Crippen molar-refractivity contribution in [3.63, 3.8) is 0 Å². The van der Waals surface area contributed by atoms with E-state index in [4.69, 9.17) is 4.74 Å². The second kappa shape index (κ2) is 7.01. The molecule has 4 heterocycles. The van der Waals surface area contributed by atoms with Crippen molar-refractivity contribution < 1.29 is 4.74 Å². The quantitative estimate of drug-likeness (QED) is 0.829. The van der Waals surface area contributed by atoms with E-state index in [-0.39, 0.29) is 0 Å². The van der Waals surface area contributed by atoms with Crippen LogP contribution in [-0.4, -0.2) is 55.8 Å². The highest BCUT2D eigenvalue weighted by atomic mass is 16.5. The molecule has 1 unspecified atom stereocenters. The van der Waals surface area contributed by atoms with Gasteiger partial charge in [-0.05, 0) is 41.7 Å². The van der Waals surface area contributed by atoms with Gasteiger partial charge in [0.25, 0.3) is 0 Å². The standard InChI is InChI=1S/C22H27N3O/c1-2-19(10-23-8-1)21-14-25(15-21)22-5-3-18(4-6-22)20-12-24(13-20)11-17-7-9-26-16-17/h1-6,8,10,17,20-21H,7,9,11-16H2. The Kier molecular flexibility index (Phi) is 4.39. The van der Waals surface area contributed by atoms with Crippen molar-refractivity contribution in [1.82, 2.24) is 9.88 Å². The molecule has 5 rings (SSSR count). The normalized spacial score (nSPS) is 24.5. The Labute approximate surface area is 155 Å². The number of ether oxygens (including phenoxy) is 1. The third-order valence-electron chi connectivity index (χ3n) is 6.26. The van der Waals surface area contributed by atoms with Crippen LogP contribution in [0.4, 0.5) is 5.69 Å². The largest absolute Gasteiger partial charge is 0.381 e. The average molecular weight is 349 g/mol. The zero-order valence-corrected chi connectivity index (χ0v) is 15.3. The SMILES string of the molecule is c1cncc(C2CN(c3ccc(C4CN(CC5CCOC5)C4)cc3)C2)c1. The molecule has 1 atom stereocenters. The minimum absolute atomic E-state index is 0.628. The van der Waals surface area contributed by atoms with E-state index in [2.05, 4.69) is 45.1 Å². The molecule has 26 heavy (non-hydrogen) atoms. The molecule has 0 radical (unpaired) electrons. The van der Waals surface area contributed by atoms with Gasteiger partial charge < -0.3 is 14.5 Å². The molecule has 136 valence electrons. The summed E-state index contributed by atoms with van der Waals surface area (Å²) in [5, 5.41) is 0. The van der Waals surface area contributed by atoms with E-state index in [0.29, 0.717) is 11.8 Å². The number of hydrogen-bond acceptors (Lipinski definition) is 4. The lowest BCUT2D eigenvalue weighted by Gasteiger charge is -2.42. The Bertz CT molecular complexity index is 715. The molecular weight excluding hydrogens is 322 g/mol. The highest BCUT2D eigenvalue weighted by Crippen LogP contribution is 2.34. The van der Waals surface area contributed by atoms with Crippen molar-refractivity contribution in [1.29, 1.82) is 0 Å². The Balaban J connectivity index is 1.12. The molecule has 0 saturated carbocycles. The van der Waals surface area contributed by atoms with Crippen molar-refractivity contribution in [3.8, 4) is 0 Å². The van der Waals surface area contributed by atoms with Gasteiger partial charge >= 0.3 is 0 Å². The zero-order chi connectivity index (χ0) is 17.3. The average Bonchev–Trinajstić information content (AvgIpc) is 3.12. The number of anilines is 1. The second-order valence-electron chi connectivity index (χ2n) is 8.12. The van der Waals surface area contributed by atoms with Gasteiger partial charge in [-0.1, -0.05) is 18.2 Å². The van der Waals surface area contributed by atoms with Crippen LogP contribution in [-0.2, 0) is 4.74 Å². The van der Waals surface area contributed by atoms with Gasteiger partial charge in [0.2, 0.25) is 0 Å². The fourth-order valence-corrected chi connectivity index (χ4v) is 4.50. The summed E-state index contributed by atoms with van der Waals surface area (Å²) in [6, 6.07) is 13.5. The summed E-state index contributed by atoms with van der Waals surface area (Å²) in [4.78, 5) is 9.30. The summed E-state index contributed by atoms with van der Waals surface area (Å²) in [5.74, 6) is 2.10. The van der Waals surface area contributed by atoms with E-state index in [1.165, 1.54) is 42.9 Å². The lowest BCUT2D eigenvalue weighted by atomic mass is 9.89. The summed E-state index contributed by atoms with van der Waals surface area (Å²) in [5.41, 5.74) is 4.22. The van der Waals surface area contributed by atoms with Crippen LogP contribution in [0.15, 0.2) is 48.8 Å². The second-order valence-corrected chi connectivity index (χ2v) is 8.12. The summed E-state index contributed by atoms with van der Waals surface area (Å²) in [7, 11) is 0. The van der Waals surface area contributed by atoms with E-state index in [9.17, 15) is 0 Å². The Morgan fingerprint density at radius 1 is 0.962 bits per heavy atom. The summed E-state index contributed by atoms with van der Waals surface area (Å²) >= 11 is 0. The van der Waals surface area contributed by atoms with Crippen molar-refractivity contribution in [2.75, 3.05) is 50.8 Å². The summed E-state index contributed by atoms with van der Waals surface area (Å²) in [6.45, 7) is 7.77. The third-order valence-corrected chi connectivity index (χ3v) is 6.26. The van der Waals surface area contributed by atoms with Crippen molar-refractivity contribution in [2.45, 2.75) is 18.3 Å². The maximum atomic E-state index is 5.49. The Morgan fingerprint density at radius 2 is 1.77 bits per heavy atom. The number of pyridine rings is 1. The fourth-order valence-electron chi connectivity index (χ4n) is 4.50. The van der Waals surface area contributed by atoms with Gasteiger partial charge in [-0.3, -0.25) is 4.98 Å². The minimum atomic E-state index is 0.628. The molecule has 2 aromatic rings. The van der Waals surface area contributed by atoms with Crippen LogP contribution < -0.4 is 4.90 Å². The summed E-state index contributed by atoms with van der Waals surface area (Å²) in [6.07, 6.45) is 5.10. The molecule has 0 N–H and O–H groups in total. The molecule has 0 spiro atoms. The Hall–Kier alpha value is -1.91. The van der Waals surface area contributed by atoms with Gasteiger partial charge in [-0.2, -0.15) is 0 Å². The molecule has 3 fully saturated rings. The molecule has 1 aromatic carbocycles. The maximum absolute atomic E-state index is 5.49. The maximum Gasteiger partial charge on any atom is 0.0507 e. The first-order chi connectivity index (χ1) is 12.8. The smallest absolute Gasteiger partial charge is 0.0507 e. The van der Waals surface area contributed by atoms with Crippen LogP contribution >= 0.6 is 0 Å². The van der Waals surface area contributed by atoms with Gasteiger partial charge in [0.1, 0.15) is 0 Å². The van der Waals surface area contributed by atoms with Gasteiger partial charge in [0.15, 0.2) is 0 Å². The molecule has 0 bridgehead atoms. The van der Waals surface area contributed by atoms with Crippen LogP contribution in [0.1, 0.15) is 29.4 Å². The predicted octanol–water partition coefficient (Wildman–Crippen LogP) is 3.12. The van der Waals surface area contributed by atoms with E-state index >= 15 is 0 Å². The number of nitrogens with zero attached hydrogens (tertiary/aromatic N) is 3. The van der Waals surface area contributed by atoms with E-state index in [0.717, 1.165) is 32.2 Å². The van der Waals surface area contributed by atoms with E-state index in [1.54, 1.807) is 0 Å². The number of rotatable bonds is 5. The van der Waals surface area contributed by atoms with Gasteiger partial charge in [-0.15, -0.1) is 0 Å². The first-order valence-corrected chi connectivity index (χ1v) is 9.90. The van der Waals surface area contributed by atoms with Crippen LogP contribution in [0.5, 0.6) is 0 Å². The van der Waals surface area contributed by atoms with Gasteiger partial charge in [0.05, 0.1) is 6.61 Å². The molecule has 4 heteroatoms. The van der Waals surface area contributed by atoms with Crippen molar-refractivity contribution >= 4 is 5.69 Å². The van der Waals surface area contributed by atoms with Gasteiger partial charge in [-0.25, -0.2) is 0 Å². The lowest BCUT2D eigenvalue weighted by molar-refractivity contribution is 0.112. The first kappa shape index (κ1) is 16.3. The van der Waals surface area contributed by atoms with Gasteiger partial charge in [0, 0.05) is 69.2 Å².